The molecule has 2 aromatic carbocycles. The van der Waals surface area contributed by atoms with Crippen molar-refractivity contribution >= 4 is 17.3 Å². The molecule has 0 atom stereocenters. The molecule has 0 spiro atoms. The average Bonchev–Trinajstić information content (AvgIpc) is 2.65. The predicted molar refractivity (Wildman–Crippen MR) is 91.3 cm³/mol. The molecule has 0 aliphatic rings. The standard InChI is InChI=1S/C17H17FN2O6/c1-24-11-6-4-10(5-7-11)9-19-12-8-13(20(22)23)15(18)14(16(12)25-2)17(21)26-3/h4-8,19H,9H2,1-3H3. The van der Waals surface area contributed by atoms with Crippen molar-refractivity contribution < 1.29 is 28.3 Å². The van der Waals surface area contributed by atoms with Crippen LogP contribution >= 0.6 is 0 Å². The van der Waals surface area contributed by atoms with Crippen LogP contribution in [0.3, 0.4) is 0 Å². The lowest BCUT2D eigenvalue weighted by Gasteiger charge is -2.15. The summed E-state index contributed by atoms with van der Waals surface area (Å²) in [7, 11) is 3.82. The molecule has 0 unspecified atom stereocenters. The Balaban J connectivity index is 2.43. The van der Waals surface area contributed by atoms with Crippen molar-refractivity contribution in [3.63, 3.8) is 0 Å². The van der Waals surface area contributed by atoms with Crippen LogP contribution in [0.1, 0.15) is 15.9 Å². The van der Waals surface area contributed by atoms with Gasteiger partial charge in [0.05, 0.1) is 31.9 Å². The summed E-state index contributed by atoms with van der Waals surface area (Å²) in [6, 6.07) is 8.06. The molecule has 1 N–H and O–H groups in total. The second-order valence-electron chi connectivity index (χ2n) is 5.12. The van der Waals surface area contributed by atoms with E-state index < -0.39 is 28.0 Å². The van der Waals surface area contributed by atoms with Crippen molar-refractivity contribution in [2.45, 2.75) is 6.54 Å². The first-order valence-corrected chi connectivity index (χ1v) is 7.42. The zero-order valence-corrected chi connectivity index (χ0v) is 14.4. The molecule has 138 valence electrons. The number of halogens is 1. The Bertz CT molecular complexity index is 823. The Kier molecular flexibility index (Phi) is 5.94. The Hall–Kier alpha value is -3.36. The minimum Gasteiger partial charge on any atom is -0.497 e. The molecule has 2 aromatic rings. The third-order valence-corrected chi connectivity index (χ3v) is 3.63. The number of nitrogens with zero attached hydrogens (tertiary/aromatic N) is 1. The third kappa shape index (κ3) is 3.82. The Morgan fingerprint density at radius 2 is 1.85 bits per heavy atom. The molecule has 0 heterocycles. The van der Waals surface area contributed by atoms with Gasteiger partial charge in [0.1, 0.15) is 11.3 Å². The summed E-state index contributed by atoms with van der Waals surface area (Å²) in [6.45, 7) is 0.254. The van der Waals surface area contributed by atoms with Gasteiger partial charge in [0.15, 0.2) is 5.75 Å². The highest BCUT2D eigenvalue weighted by atomic mass is 19.1. The maximum absolute atomic E-state index is 14.4. The number of nitro groups is 1. The van der Waals surface area contributed by atoms with Gasteiger partial charge in [0, 0.05) is 12.6 Å². The SMILES string of the molecule is COC(=O)c1c(F)c([N+](=O)[O-])cc(NCc2ccc(OC)cc2)c1OC. The number of esters is 1. The number of hydrogen-bond donors (Lipinski definition) is 1. The maximum Gasteiger partial charge on any atom is 0.345 e. The van der Waals surface area contributed by atoms with Crippen molar-refractivity contribution in [1.29, 1.82) is 0 Å². The highest BCUT2D eigenvalue weighted by molar-refractivity contribution is 5.96. The van der Waals surface area contributed by atoms with E-state index in [1.165, 1.54) is 7.11 Å². The quantitative estimate of drug-likeness (QED) is 0.457. The molecule has 0 aromatic heterocycles. The summed E-state index contributed by atoms with van der Waals surface area (Å²) < 4.78 is 29.0. The van der Waals surface area contributed by atoms with Gasteiger partial charge in [-0.05, 0) is 17.7 Å². The van der Waals surface area contributed by atoms with E-state index in [1.807, 2.05) is 0 Å². The number of ether oxygens (including phenoxy) is 3. The van der Waals surface area contributed by atoms with Crippen molar-refractivity contribution in [3.05, 3.63) is 57.4 Å². The van der Waals surface area contributed by atoms with Crippen LogP contribution in [0.2, 0.25) is 0 Å². The maximum atomic E-state index is 14.4. The van der Waals surface area contributed by atoms with Crippen LogP contribution in [-0.2, 0) is 11.3 Å². The number of hydrogen-bond acceptors (Lipinski definition) is 7. The lowest BCUT2D eigenvalue weighted by molar-refractivity contribution is -0.387. The highest BCUT2D eigenvalue weighted by Crippen LogP contribution is 2.37. The molecule has 0 bridgehead atoms. The molecule has 9 heteroatoms. The lowest BCUT2D eigenvalue weighted by Crippen LogP contribution is -2.12. The average molecular weight is 364 g/mol. The van der Waals surface area contributed by atoms with Crippen LogP contribution in [0.15, 0.2) is 30.3 Å². The van der Waals surface area contributed by atoms with Gasteiger partial charge >= 0.3 is 11.7 Å². The minimum atomic E-state index is -1.31. The molecule has 0 radical (unpaired) electrons. The summed E-state index contributed by atoms with van der Waals surface area (Å²) in [4.78, 5) is 22.1. The molecular weight excluding hydrogens is 347 g/mol. The van der Waals surface area contributed by atoms with Crippen molar-refractivity contribution in [1.82, 2.24) is 0 Å². The molecule has 0 aliphatic carbocycles. The van der Waals surface area contributed by atoms with Crippen LogP contribution in [0.4, 0.5) is 15.8 Å². The molecular formula is C17H17FN2O6. The minimum absolute atomic E-state index is 0.0943. The Morgan fingerprint density at radius 1 is 1.19 bits per heavy atom. The molecule has 0 aliphatic heterocycles. The van der Waals surface area contributed by atoms with E-state index in [0.29, 0.717) is 5.75 Å². The van der Waals surface area contributed by atoms with Gasteiger partial charge in [0.2, 0.25) is 5.82 Å². The third-order valence-electron chi connectivity index (χ3n) is 3.63. The second-order valence-corrected chi connectivity index (χ2v) is 5.12. The molecule has 0 amide bonds. The zero-order valence-electron chi connectivity index (χ0n) is 14.4. The first-order chi connectivity index (χ1) is 12.4. The van der Waals surface area contributed by atoms with Crippen molar-refractivity contribution in [2.24, 2.45) is 0 Å². The van der Waals surface area contributed by atoms with Gasteiger partial charge in [0.25, 0.3) is 0 Å². The van der Waals surface area contributed by atoms with Gasteiger partial charge in [-0.15, -0.1) is 0 Å². The molecule has 0 saturated heterocycles. The topological polar surface area (TPSA) is 99.9 Å². The first kappa shape index (κ1) is 19.0. The summed E-state index contributed by atoms with van der Waals surface area (Å²) in [5, 5.41) is 14.0. The second kappa shape index (κ2) is 8.15. The highest BCUT2D eigenvalue weighted by Gasteiger charge is 2.30. The molecule has 0 saturated carbocycles. The van der Waals surface area contributed by atoms with E-state index in [1.54, 1.807) is 31.4 Å². The van der Waals surface area contributed by atoms with E-state index >= 15 is 0 Å². The number of carbonyl (C=O) groups is 1. The number of nitro benzene ring substituents is 1. The summed E-state index contributed by atoms with van der Waals surface area (Å²) in [6.07, 6.45) is 0. The van der Waals surface area contributed by atoms with Crippen LogP contribution in [0.5, 0.6) is 11.5 Å². The van der Waals surface area contributed by atoms with Gasteiger partial charge in [-0.1, -0.05) is 12.1 Å². The number of anilines is 1. The van der Waals surface area contributed by atoms with Gasteiger partial charge < -0.3 is 19.5 Å². The largest absolute Gasteiger partial charge is 0.497 e. The molecule has 8 nitrogen and oxygen atoms in total. The number of benzene rings is 2. The monoisotopic (exact) mass is 364 g/mol. The van der Waals surface area contributed by atoms with Crippen LogP contribution in [0.25, 0.3) is 0 Å². The Labute approximate surface area is 148 Å². The number of carbonyl (C=O) groups excluding carboxylic acids is 1. The summed E-state index contributed by atoms with van der Waals surface area (Å²) >= 11 is 0. The lowest BCUT2D eigenvalue weighted by atomic mass is 10.1. The van der Waals surface area contributed by atoms with Gasteiger partial charge in [-0.3, -0.25) is 10.1 Å². The van der Waals surface area contributed by atoms with Crippen molar-refractivity contribution in [3.8, 4) is 11.5 Å². The molecule has 26 heavy (non-hydrogen) atoms. The van der Waals surface area contributed by atoms with Crippen molar-refractivity contribution in [2.75, 3.05) is 26.6 Å². The van der Waals surface area contributed by atoms with Crippen LogP contribution < -0.4 is 14.8 Å². The van der Waals surface area contributed by atoms with Crippen LogP contribution in [0, 0.1) is 15.9 Å². The zero-order chi connectivity index (χ0) is 19.3. The van der Waals surface area contributed by atoms with Gasteiger partial charge in [-0.2, -0.15) is 4.39 Å². The summed E-state index contributed by atoms with van der Waals surface area (Å²) in [5.41, 5.74) is -0.568. The predicted octanol–water partition coefficient (Wildman–Crippen LogP) is 3.15. The first-order valence-electron chi connectivity index (χ1n) is 7.42. The van der Waals surface area contributed by atoms with E-state index in [-0.39, 0.29) is 18.0 Å². The fourth-order valence-corrected chi connectivity index (χ4v) is 2.33. The number of rotatable bonds is 7. The number of methoxy groups -OCH3 is 3. The summed E-state index contributed by atoms with van der Waals surface area (Å²) in [5.74, 6) is -1.88. The van der Waals surface area contributed by atoms with E-state index in [9.17, 15) is 19.3 Å². The van der Waals surface area contributed by atoms with Gasteiger partial charge in [-0.25, -0.2) is 4.79 Å². The van der Waals surface area contributed by atoms with E-state index in [0.717, 1.165) is 18.7 Å². The normalized spacial score (nSPS) is 10.2. The van der Waals surface area contributed by atoms with Crippen LogP contribution in [-0.4, -0.2) is 32.2 Å². The van der Waals surface area contributed by atoms with E-state index in [4.69, 9.17) is 9.47 Å². The number of nitrogens with one attached hydrogen (secondary N) is 1. The van der Waals surface area contributed by atoms with E-state index in [2.05, 4.69) is 10.1 Å². The smallest absolute Gasteiger partial charge is 0.345 e. The molecule has 0 fully saturated rings. The Morgan fingerprint density at radius 3 is 2.35 bits per heavy atom. The molecule has 2 rings (SSSR count). The fraction of sp³-hybridized carbons (Fsp3) is 0.235. The fourth-order valence-electron chi connectivity index (χ4n) is 2.33.